The van der Waals surface area contributed by atoms with Crippen LogP contribution < -0.4 is 0 Å². The van der Waals surface area contributed by atoms with Crippen LogP contribution in [0.2, 0.25) is 0 Å². The Hall–Kier alpha value is -0.440. The molecule has 0 aromatic carbocycles. The zero-order valence-electron chi connectivity index (χ0n) is 12.0. The minimum atomic E-state index is -1.75. The van der Waals surface area contributed by atoms with Crippen molar-refractivity contribution in [1.82, 2.24) is 0 Å². The van der Waals surface area contributed by atoms with Gasteiger partial charge in [-0.15, -0.1) is 0 Å². The number of hydrogen-bond acceptors (Lipinski definition) is 11. The average Bonchev–Trinajstić information content (AvgIpc) is 2.54. The molecule has 10 atom stereocenters. The van der Waals surface area contributed by atoms with Gasteiger partial charge in [-0.3, -0.25) is 0 Å². The summed E-state index contributed by atoms with van der Waals surface area (Å²) in [7, 11) is 0. The van der Waals surface area contributed by atoms with Gasteiger partial charge in [0.1, 0.15) is 48.8 Å². The van der Waals surface area contributed by atoms with Crippen molar-refractivity contribution in [3.63, 3.8) is 0 Å². The number of hydrogen-bond donors (Lipinski definition) is 8. The summed E-state index contributed by atoms with van der Waals surface area (Å²) in [4.78, 5) is 0. The monoisotopic (exact) mass is 342 g/mol. The molecule has 0 bridgehead atoms. The van der Waals surface area contributed by atoms with Crippen LogP contribution in [-0.2, 0) is 14.2 Å². The molecule has 0 spiro atoms. The van der Waals surface area contributed by atoms with Crippen LogP contribution in [0.15, 0.2) is 0 Å². The van der Waals surface area contributed by atoms with Crippen molar-refractivity contribution in [2.45, 2.75) is 61.4 Å². The molecule has 8 N–H and O–H groups in total. The van der Waals surface area contributed by atoms with Gasteiger partial charge in [-0.2, -0.15) is 0 Å². The van der Waals surface area contributed by atoms with Crippen LogP contribution in [0.3, 0.4) is 0 Å². The van der Waals surface area contributed by atoms with Crippen LogP contribution in [-0.4, -0.2) is 115 Å². The van der Waals surface area contributed by atoms with Crippen LogP contribution in [0, 0.1) is 0 Å². The van der Waals surface area contributed by atoms with Crippen LogP contribution in [0.5, 0.6) is 0 Å². The summed E-state index contributed by atoms with van der Waals surface area (Å²) in [6, 6.07) is 0. The zero-order valence-corrected chi connectivity index (χ0v) is 12.0. The SMILES string of the molecule is OC[C@H]1O[C@@H](O[C@H]2[C@@H](O)[C@H](O)[C@@H](CO)O[C@@H]2O)[C@@H](O)[C@@H](O)[C@@H]1O. The second-order valence-corrected chi connectivity index (χ2v) is 5.53. The van der Waals surface area contributed by atoms with E-state index in [1.807, 2.05) is 0 Å². The van der Waals surface area contributed by atoms with E-state index >= 15 is 0 Å². The fourth-order valence-electron chi connectivity index (χ4n) is 2.55. The molecule has 0 amide bonds. The maximum atomic E-state index is 9.94. The molecule has 11 heteroatoms. The second-order valence-electron chi connectivity index (χ2n) is 5.53. The highest BCUT2D eigenvalue weighted by Crippen LogP contribution is 2.28. The third-order valence-corrected chi connectivity index (χ3v) is 3.98. The van der Waals surface area contributed by atoms with Gasteiger partial charge >= 0.3 is 0 Å². The largest absolute Gasteiger partial charge is 0.394 e. The minimum absolute atomic E-state index is 0.651. The minimum Gasteiger partial charge on any atom is -0.394 e. The van der Waals surface area contributed by atoms with Gasteiger partial charge in [0.05, 0.1) is 13.2 Å². The maximum absolute atomic E-state index is 9.94. The van der Waals surface area contributed by atoms with Crippen molar-refractivity contribution < 1.29 is 55.1 Å². The van der Waals surface area contributed by atoms with Crippen molar-refractivity contribution in [1.29, 1.82) is 0 Å². The molecule has 0 unspecified atom stereocenters. The predicted molar refractivity (Wildman–Crippen MR) is 68.6 cm³/mol. The summed E-state index contributed by atoms with van der Waals surface area (Å²) in [6.07, 6.45) is -15.6. The molecule has 0 saturated carbocycles. The summed E-state index contributed by atoms with van der Waals surface area (Å²) in [5.41, 5.74) is 0. The van der Waals surface area contributed by atoms with Gasteiger partial charge in [-0.25, -0.2) is 0 Å². The lowest BCUT2D eigenvalue weighted by Crippen LogP contribution is -2.64. The van der Waals surface area contributed by atoms with E-state index in [0.717, 1.165) is 0 Å². The maximum Gasteiger partial charge on any atom is 0.187 e. The Labute approximate surface area is 130 Å². The van der Waals surface area contributed by atoms with E-state index in [1.54, 1.807) is 0 Å². The van der Waals surface area contributed by atoms with Crippen molar-refractivity contribution in [3.05, 3.63) is 0 Å². The Balaban J connectivity index is 2.08. The van der Waals surface area contributed by atoms with Gasteiger partial charge in [0, 0.05) is 0 Å². The van der Waals surface area contributed by atoms with Crippen molar-refractivity contribution >= 4 is 0 Å². The second kappa shape index (κ2) is 7.63. The number of aliphatic hydroxyl groups excluding tert-OH is 8. The molecule has 0 radical (unpaired) electrons. The molecule has 2 rings (SSSR count). The summed E-state index contributed by atoms with van der Waals surface area (Å²) in [5, 5.41) is 76.7. The molecule has 2 aliphatic heterocycles. The predicted octanol–water partition coefficient (Wildman–Crippen LogP) is -5.40. The summed E-state index contributed by atoms with van der Waals surface area (Å²) < 4.78 is 15.1. The molecule has 2 saturated heterocycles. The van der Waals surface area contributed by atoms with E-state index in [-0.39, 0.29) is 0 Å². The first-order valence-electron chi connectivity index (χ1n) is 7.08. The van der Waals surface area contributed by atoms with Crippen molar-refractivity contribution in [3.8, 4) is 0 Å². The average molecular weight is 342 g/mol. The molecule has 11 nitrogen and oxygen atoms in total. The van der Waals surface area contributed by atoms with Gasteiger partial charge in [0.15, 0.2) is 12.6 Å². The standard InChI is InChI=1S/C12H22O11/c13-1-3-6(16)8(18)10(11(20)21-3)23-12-9(19)7(17)5(15)4(2-14)22-12/h3-20H,1-2H2/t3-,4-,5-,6-,7+,8+,9+,10+,11+,12+/m1/s1. The van der Waals surface area contributed by atoms with Crippen molar-refractivity contribution in [2.75, 3.05) is 13.2 Å². The molecular weight excluding hydrogens is 320 g/mol. The van der Waals surface area contributed by atoms with E-state index in [9.17, 15) is 30.6 Å². The first kappa shape index (κ1) is 18.9. The molecule has 0 aromatic rings. The summed E-state index contributed by atoms with van der Waals surface area (Å²) in [5.74, 6) is 0. The first-order valence-corrected chi connectivity index (χ1v) is 7.08. The van der Waals surface area contributed by atoms with E-state index in [4.69, 9.17) is 24.4 Å². The van der Waals surface area contributed by atoms with E-state index in [1.165, 1.54) is 0 Å². The lowest BCUT2D eigenvalue weighted by atomic mass is 9.97. The highest BCUT2D eigenvalue weighted by atomic mass is 16.7. The number of rotatable bonds is 4. The molecule has 23 heavy (non-hydrogen) atoms. The number of aliphatic hydroxyl groups is 8. The Morgan fingerprint density at radius 2 is 1.17 bits per heavy atom. The Morgan fingerprint density at radius 1 is 0.652 bits per heavy atom. The molecule has 136 valence electrons. The molecule has 0 aliphatic carbocycles. The zero-order chi connectivity index (χ0) is 17.3. The summed E-state index contributed by atoms with van der Waals surface area (Å²) in [6.45, 7) is -1.33. The number of ether oxygens (including phenoxy) is 3. The third kappa shape index (κ3) is 3.65. The van der Waals surface area contributed by atoms with E-state index < -0.39 is 74.6 Å². The van der Waals surface area contributed by atoms with Gasteiger partial charge in [-0.05, 0) is 0 Å². The quantitative estimate of drug-likeness (QED) is 0.243. The molecule has 2 aliphatic rings. The Morgan fingerprint density at radius 3 is 1.74 bits per heavy atom. The Kier molecular flexibility index (Phi) is 6.27. The van der Waals surface area contributed by atoms with Gasteiger partial charge in [-0.1, -0.05) is 0 Å². The van der Waals surface area contributed by atoms with Crippen LogP contribution >= 0.6 is 0 Å². The van der Waals surface area contributed by atoms with Crippen molar-refractivity contribution in [2.24, 2.45) is 0 Å². The lowest BCUT2D eigenvalue weighted by molar-refractivity contribution is -0.361. The topological polar surface area (TPSA) is 190 Å². The fourth-order valence-corrected chi connectivity index (χ4v) is 2.55. The smallest absolute Gasteiger partial charge is 0.187 e. The molecule has 0 aromatic heterocycles. The normalized spacial score (nSPS) is 51.7. The van der Waals surface area contributed by atoms with E-state index in [2.05, 4.69) is 0 Å². The van der Waals surface area contributed by atoms with E-state index in [0.29, 0.717) is 0 Å². The van der Waals surface area contributed by atoms with Crippen LogP contribution in [0.4, 0.5) is 0 Å². The highest BCUT2D eigenvalue weighted by molar-refractivity contribution is 4.93. The lowest BCUT2D eigenvalue weighted by Gasteiger charge is -2.44. The van der Waals surface area contributed by atoms with Gasteiger partial charge in [0.2, 0.25) is 0 Å². The molecule has 2 fully saturated rings. The van der Waals surface area contributed by atoms with Crippen LogP contribution in [0.1, 0.15) is 0 Å². The first-order chi connectivity index (χ1) is 10.8. The molecular formula is C12H22O11. The fraction of sp³-hybridized carbons (Fsp3) is 1.00. The molecule has 2 heterocycles. The van der Waals surface area contributed by atoms with Gasteiger partial charge < -0.3 is 55.1 Å². The van der Waals surface area contributed by atoms with Crippen LogP contribution in [0.25, 0.3) is 0 Å². The highest BCUT2D eigenvalue weighted by Gasteiger charge is 2.50. The Bertz CT molecular complexity index is 380. The summed E-state index contributed by atoms with van der Waals surface area (Å²) >= 11 is 0. The third-order valence-electron chi connectivity index (χ3n) is 3.98. The van der Waals surface area contributed by atoms with Gasteiger partial charge in [0.25, 0.3) is 0 Å².